The van der Waals surface area contributed by atoms with E-state index in [9.17, 15) is 12.8 Å². The van der Waals surface area contributed by atoms with Crippen molar-refractivity contribution in [3.05, 3.63) is 30.1 Å². The summed E-state index contributed by atoms with van der Waals surface area (Å²) in [5, 5.41) is 0. The first kappa shape index (κ1) is 13.5. The minimum atomic E-state index is -3.75. The molecule has 2 rings (SSSR count). The van der Waals surface area contributed by atoms with Gasteiger partial charge in [0.25, 0.3) is 0 Å². The van der Waals surface area contributed by atoms with Gasteiger partial charge < -0.3 is 0 Å². The van der Waals surface area contributed by atoms with Crippen LogP contribution in [0.3, 0.4) is 0 Å². The SMILES string of the molecule is C[C@@H]1CCCC[C@@H]1NS(=O)(=O)c1ccccc1F. The molecule has 3 nitrogen and oxygen atoms in total. The summed E-state index contributed by atoms with van der Waals surface area (Å²) >= 11 is 0. The van der Waals surface area contributed by atoms with Crippen molar-refractivity contribution in [2.75, 3.05) is 0 Å². The lowest BCUT2D eigenvalue weighted by Crippen LogP contribution is -2.41. The number of hydrogen-bond acceptors (Lipinski definition) is 2. The summed E-state index contributed by atoms with van der Waals surface area (Å²) in [6, 6.07) is 5.40. The molecule has 0 radical (unpaired) electrons. The molecule has 0 spiro atoms. The smallest absolute Gasteiger partial charge is 0.208 e. The summed E-state index contributed by atoms with van der Waals surface area (Å²) in [5.74, 6) is -0.395. The number of sulfonamides is 1. The molecule has 1 aromatic rings. The molecular weight excluding hydrogens is 253 g/mol. The Hall–Kier alpha value is -0.940. The van der Waals surface area contributed by atoms with Gasteiger partial charge in [-0.25, -0.2) is 17.5 Å². The molecule has 1 saturated carbocycles. The van der Waals surface area contributed by atoms with E-state index in [0.29, 0.717) is 5.92 Å². The molecule has 1 fully saturated rings. The molecular formula is C13H18FNO2S. The predicted octanol–water partition coefficient (Wildman–Crippen LogP) is 2.68. The third kappa shape index (κ3) is 2.90. The van der Waals surface area contributed by atoms with Crippen LogP contribution in [-0.4, -0.2) is 14.5 Å². The monoisotopic (exact) mass is 271 g/mol. The van der Waals surface area contributed by atoms with Crippen molar-refractivity contribution in [1.29, 1.82) is 0 Å². The summed E-state index contributed by atoms with van der Waals surface area (Å²) in [6.45, 7) is 2.04. The first-order valence-electron chi connectivity index (χ1n) is 6.27. The second kappa shape index (κ2) is 5.36. The Labute approximate surface area is 107 Å². The number of halogens is 1. The summed E-state index contributed by atoms with van der Waals surface area (Å²) < 4.78 is 40.4. The van der Waals surface area contributed by atoms with Gasteiger partial charge in [-0.15, -0.1) is 0 Å². The molecule has 1 aliphatic rings. The normalized spacial score (nSPS) is 25.0. The van der Waals surface area contributed by atoms with Crippen LogP contribution in [0.1, 0.15) is 32.6 Å². The van der Waals surface area contributed by atoms with E-state index < -0.39 is 15.8 Å². The number of rotatable bonds is 3. The number of hydrogen-bond donors (Lipinski definition) is 1. The molecule has 0 aliphatic heterocycles. The van der Waals surface area contributed by atoms with E-state index in [1.165, 1.54) is 24.3 Å². The van der Waals surface area contributed by atoms with Gasteiger partial charge in [-0.05, 0) is 30.9 Å². The van der Waals surface area contributed by atoms with E-state index in [0.717, 1.165) is 25.7 Å². The van der Waals surface area contributed by atoms with Crippen LogP contribution < -0.4 is 4.72 Å². The van der Waals surface area contributed by atoms with E-state index in [1.54, 1.807) is 0 Å². The van der Waals surface area contributed by atoms with Crippen LogP contribution in [0.4, 0.5) is 4.39 Å². The molecule has 0 saturated heterocycles. The minimum absolute atomic E-state index is 0.0802. The molecule has 1 aromatic carbocycles. The highest BCUT2D eigenvalue weighted by molar-refractivity contribution is 7.89. The van der Waals surface area contributed by atoms with Crippen molar-refractivity contribution in [2.24, 2.45) is 5.92 Å². The van der Waals surface area contributed by atoms with Crippen LogP contribution in [0, 0.1) is 11.7 Å². The minimum Gasteiger partial charge on any atom is -0.208 e. The maximum Gasteiger partial charge on any atom is 0.243 e. The Kier molecular flexibility index (Phi) is 4.02. The van der Waals surface area contributed by atoms with E-state index >= 15 is 0 Å². The fraction of sp³-hybridized carbons (Fsp3) is 0.538. The maximum absolute atomic E-state index is 13.5. The molecule has 100 valence electrons. The lowest BCUT2D eigenvalue weighted by Gasteiger charge is -2.29. The van der Waals surface area contributed by atoms with E-state index in [2.05, 4.69) is 4.72 Å². The van der Waals surface area contributed by atoms with Gasteiger partial charge >= 0.3 is 0 Å². The first-order valence-corrected chi connectivity index (χ1v) is 7.76. The fourth-order valence-corrected chi connectivity index (χ4v) is 3.87. The van der Waals surface area contributed by atoms with Gasteiger partial charge in [0.05, 0.1) is 0 Å². The standard InChI is InChI=1S/C13H18FNO2S/c1-10-6-2-4-8-12(10)15-18(16,17)13-9-5-3-7-11(13)14/h3,5,7,9-10,12,15H,2,4,6,8H2,1H3/t10-,12+/m1/s1. The summed E-state index contributed by atoms with van der Waals surface area (Å²) in [7, 11) is -3.75. The molecule has 18 heavy (non-hydrogen) atoms. The van der Waals surface area contributed by atoms with Crippen LogP contribution >= 0.6 is 0 Å². The zero-order valence-electron chi connectivity index (χ0n) is 10.4. The van der Waals surface area contributed by atoms with Gasteiger partial charge in [-0.3, -0.25) is 0 Å². The van der Waals surface area contributed by atoms with E-state index in [1.807, 2.05) is 6.92 Å². The average molecular weight is 271 g/mol. The van der Waals surface area contributed by atoms with Gasteiger partial charge in [0.2, 0.25) is 10.0 Å². The molecule has 0 bridgehead atoms. The van der Waals surface area contributed by atoms with Crippen molar-refractivity contribution in [2.45, 2.75) is 43.5 Å². The highest BCUT2D eigenvalue weighted by atomic mass is 32.2. The first-order chi connectivity index (χ1) is 8.50. The summed E-state index contributed by atoms with van der Waals surface area (Å²) in [4.78, 5) is -0.261. The van der Waals surface area contributed by atoms with Gasteiger partial charge in [-0.1, -0.05) is 31.9 Å². The average Bonchev–Trinajstić information content (AvgIpc) is 2.32. The zero-order chi connectivity index (χ0) is 13.2. The van der Waals surface area contributed by atoms with Crippen molar-refractivity contribution < 1.29 is 12.8 Å². The van der Waals surface area contributed by atoms with E-state index in [4.69, 9.17) is 0 Å². The number of benzene rings is 1. The Morgan fingerprint density at radius 2 is 1.89 bits per heavy atom. The zero-order valence-corrected chi connectivity index (χ0v) is 11.2. The molecule has 1 aliphatic carbocycles. The largest absolute Gasteiger partial charge is 0.243 e. The number of nitrogens with one attached hydrogen (secondary N) is 1. The summed E-state index contributed by atoms with van der Waals surface area (Å²) in [6.07, 6.45) is 4.01. The molecule has 0 unspecified atom stereocenters. The molecule has 0 heterocycles. The van der Waals surface area contributed by atoms with Gasteiger partial charge in [-0.2, -0.15) is 0 Å². The quantitative estimate of drug-likeness (QED) is 0.918. The summed E-state index contributed by atoms with van der Waals surface area (Å²) in [5.41, 5.74) is 0. The molecule has 5 heteroatoms. The van der Waals surface area contributed by atoms with Crippen LogP contribution in [0.25, 0.3) is 0 Å². The maximum atomic E-state index is 13.5. The highest BCUT2D eigenvalue weighted by Crippen LogP contribution is 2.25. The Balaban J connectivity index is 2.19. The lowest BCUT2D eigenvalue weighted by atomic mass is 9.87. The molecule has 1 N–H and O–H groups in total. The topological polar surface area (TPSA) is 46.2 Å². The molecule has 2 atom stereocenters. The van der Waals surface area contributed by atoms with Gasteiger partial charge in [0, 0.05) is 6.04 Å². The van der Waals surface area contributed by atoms with E-state index in [-0.39, 0.29) is 10.9 Å². The van der Waals surface area contributed by atoms with Crippen LogP contribution in [0.15, 0.2) is 29.2 Å². The molecule has 0 amide bonds. The Morgan fingerprint density at radius 1 is 1.22 bits per heavy atom. The lowest BCUT2D eigenvalue weighted by molar-refractivity contribution is 0.310. The van der Waals surface area contributed by atoms with Crippen LogP contribution in [0.2, 0.25) is 0 Å². The van der Waals surface area contributed by atoms with Crippen LogP contribution in [0.5, 0.6) is 0 Å². The predicted molar refractivity (Wildman–Crippen MR) is 68.1 cm³/mol. The van der Waals surface area contributed by atoms with Gasteiger partial charge in [0.1, 0.15) is 10.7 Å². The van der Waals surface area contributed by atoms with Gasteiger partial charge in [0.15, 0.2) is 0 Å². The van der Waals surface area contributed by atoms with Crippen molar-refractivity contribution in [1.82, 2.24) is 4.72 Å². The Bertz CT molecular complexity index is 515. The van der Waals surface area contributed by atoms with Crippen LogP contribution in [-0.2, 0) is 10.0 Å². The Morgan fingerprint density at radius 3 is 2.56 bits per heavy atom. The second-order valence-electron chi connectivity index (χ2n) is 4.92. The van der Waals surface area contributed by atoms with Crippen molar-refractivity contribution in [3.8, 4) is 0 Å². The fourth-order valence-electron chi connectivity index (χ4n) is 2.42. The molecule has 0 aromatic heterocycles. The van der Waals surface area contributed by atoms with Crippen molar-refractivity contribution in [3.63, 3.8) is 0 Å². The highest BCUT2D eigenvalue weighted by Gasteiger charge is 2.27. The van der Waals surface area contributed by atoms with Crippen molar-refractivity contribution >= 4 is 10.0 Å². The second-order valence-corrected chi connectivity index (χ2v) is 6.60. The third-order valence-electron chi connectivity index (χ3n) is 3.54. The third-order valence-corrected chi connectivity index (χ3v) is 5.07.